The maximum atomic E-state index is 12.2. The lowest BCUT2D eigenvalue weighted by atomic mass is 10.1. The summed E-state index contributed by atoms with van der Waals surface area (Å²) in [6, 6.07) is 4.78. The Morgan fingerprint density at radius 2 is 2.05 bits per heavy atom. The molecule has 1 fully saturated rings. The number of hydrogen-bond donors (Lipinski definition) is 2. The molecule has 1 aromatic rings. The van der Waals surface area contributed by atoms with E-state index >= 15 is 0 Å². The quantitative estimate of drug-likeness (QED) is 0.789. The van der Waals surface area contributed by atoms with E-state index in [0.717, 1.165) is 4.90 Å². The van der Waals surface area contributed by atoms with Crippen LogP contribution >= 0.6 is 0 Å². The number of phenolic OH excluding ortho intramolecular Hbond substituents is 1. The summed E-state index contributed by atoms with van der Waals surface area (Å²) in [4.78, 5) is 37.5. The van der Waals surface area contributed by atoms with Crippen molar-refractivity contribution in [1.82, 2.24) is 9.80 Å². The van der Waals surface area contributed by atoms with Crippen molar-refractivity contribution in [2.24, 2.45) is 0 Å². The highest BCUT2D eigenvalue weighted by Crippen LogP contribution is 2.23. The Bertz CT molecular complexity index is 586. The van der Waals surface area contributed by atoms with E-state index < -0.39 is 30.4 Å². The first-order chi connectivity index (χ1) is 9.93. The van der Waals surface area contributed by atoms with Crippen molar-refractivity contribution >= 4 is 17.9 Å². The Kier molecular flexibility index (Phi) is 4.11. The molecule has 7 heteroatoms. The molecule has 0 unspecified atom stereocenters. The van der Waals surface area contributed by atoms with Crippen molar-refractivity contribution in [3.05, 3.63) is 29.8 Å². The number of carboxylic acid groups (broad SMARTS) is 1. The maximum Gasteiger partial charge on any atom is 0.327 e. The molecule has 1 atom stereocenters. The van der Waals surface area contributed by atoms with E-state index in [0.29, 0.717) is 5.56 Å². The van der Waals surface area contributed by atoms with E-state index in [-0.39, 0.29) is 18.8 Å². The third-order valence-electron chi connectivity index (χ3n) is 3.35. The number of phenols is 1. The number of imide groups is 1. The Morgan fingerprint density at radius 3 is 2.62 bits per heavy atom. The number of aliphatic carboxylic acids is 1. The van der Waals surface area contributed by atoms with Crippen LogP contribution in [-0.2, 0) is 16.1 Å². The Hall–Kier alpha value is -2.57. The van der Waals surface area contributed by atoms with E-state index in [1.54, 1.807) is 19.1 Å². The number of carbonyl (C=O) groups is 3. The third-order valence-corrected chi connectivity index (χ3v) is 3.35. The van der Waals surface area contributed by atoms with Crippen LogP contribution in [0.3, 0.4) is 0 Å². The molecule has 1 aliphatic heterocycles. The molecule has 0 saturated carbocycles. The van der Waals surface area contributed by atoms with Gasteiger partial charge in [-0.2, -0.15) is 0 Å². The van der Waals surface area contributed by atoms with Gasteiger partial charge in [0.15, 0.2) is 0 Å². The van der Waals surface area contributed by atoms with Gasteiger partial charge in [0.25, 0.3) is 5.91 Å². The highest BCUT2D eigenvalue weighted by molar-refractivity contribution is 6.05. The summed E-state index contributed by atoms with van der Waals surface area (Å²) in [6.07, 6.45) is -0.431. The van der Waals surface area contributed by atoms with E-state index in [9.17, 15) is 19.5 Å². The summed E-state index contributed by atoms with van der Waals surface area (Å²) >= 11 is 0. The van der Waals surface area contributed by atoms with Gasteiger partial charge in [0.1, 0.15) is 11.8 Å². The summed E-state index contributed by atoms with van der Waals surface area (Å²) in [7, 11) is 0. The van der Waals surface area contributed by atoms with Crippen molar-refractivity contribution in [2.45, 2.75) is 25.9 Å². The molecule has 2 rings (SSSR count). The number of nitrogens with zero attached hydrogens (tertiary/aromatic N) is 2. The second kappa shape index (κ2) is 5.82. The summed E-state index contributed by atoms with van der Waals surface area (Å²) in [5.74, 6) is -1.59. The zero-order chi connectivity index (χ0) is 15.6. The van der Waals surface area contributed by atoms with Gasteiger partial charge in [-0.15, -0.1) is 0 Å². The lowest BCUT2D eigenvalue weighted by Gasteiger charge is -2.20. The van der Waals surface area contributed by atoms with Crippen LogP contribution in [0.25, 0.3) is 0 Å². The van der Waals surface area contributed by atoms with Gasteiger partial charge in [0.2, 0.25) is 0 Å². The van der Waals surface area contributed by atoms with Crippen LogP contribution in [0.5, 0.6) is 5.75 Å². The van der Waals surface area contributed by atoms with Crippen molar-refractivity contribution < 1.29 is 24.6 Å². The van der Waals surface area contributed by atoms with E-state index in [4.69, 9.17) is 5.11 Å². The van der Waals surface area contributed by atoms with E-state index in [1.165, 1.54) is 17.0 Å². The fraction of sp³-hybridized carbons (Fsp3) is 0.357. The number of amides is 3. The summed E-state index contributed by atoms with van der Waals surface area (Å²) in [5, 5.41) is 18.4. The van der Waals surface area contributed by atoms with Crippen LogP contribution < -0.4 is 0 Å². The summed E-state index contributed by atoms with van der Waals surface area (Å²) in [6.45, 7) is 1.93. The van der Waals surface area contributed by atoms with E-state index in [2.05, 4.69) is 0 Å². The molecule has 0 aromatic heterocycles. The van der Waals surface area contributed by atoms with Gasteiger partial charge >= 0.3 is 12.0 Å². The fourth-order valence-corrected chi connectivity index (χ4v) is 2.38. The lowest BCUT2D eigenvalue weighted by Crippen LogP contribution is -2.36. The highest BCUT2D eigenvalue weighted by atomic mass is 16.4. The number of hydrogen-bond acceptors (Lipinski definition) is 4. The molecule has 0 aliphatic carbocycles. The van der Waals surface area contributed by atoms with Crippen LogP contribution in [0, 0.1) is 0 Å². The largest absolute Gasteiger partial charge is 0.508 e. The number of carboxylic acids is 1. The van der Waals surface area contributed by atoms with Crippen LogP contribution in [0.1, 0.15) is 18.9 Å². The highest BCUT2D eigenvalue weighted by Gasteiger charge is 2.45. The number of likely N-dealkylation sites (N-methyl/N-ethyl adjacent to an activating group) is 1. The molecule has 1 aliphatic rings. The first-order valence-electron chi connectivity index (χ1n) is 6.55. The maximum absolute atomic E-state index is 12.2. The number of carbonyl (C=O) groups excluding carboxylic acids is 2. The molecule has 3 amide bonds. The van der Waals surface area contributed by atoms with E-state index in [1.807, 2.05) is 0 Å². The third kappa shape index (κ3) is 2.96. The SMILES string of the molecule is CCN1C(=O)[C@H](CC(=O)O)N(Cc2cccc(O)c2)C1=O. The van der Waals surface area contributed by atoms with Gasteiger partial charge in [0.05, 0.1) is 6.42 Å². The smallest absolute Gasteiger partial charge is 0.327 e. The molecule has 21 heavy (non-hydrogen) atoms. The van der Waals surface area contributed by atoms with Crippen molar-refractivity contribution in [1.29, 1.82) is 0 Å². The second-order valence-corrected chi connectivity index (χ2v) is 4.78. The molecular weight excluding hydrogens is 276 g/mol. The Labute approximate surface area is 121 Å². The van der Waals surface area contributed by atoms with Crippen molar-refractivity contribution in [3.8, 4) is 5.75 Å². The normalized spacial score (nSPS) is 18.4. The minimum Gasteiger partial charge on any atom is -0.508 e. The molecule has 2 N–H and O–H groups in total. The van der Waals surface area contributed by atoms with Gasteiger partial charge < -0.3 is 15.1 Å². The fourth-order valence-electron chi connectivity index (χ4n) is 2.38. The molecular formula is C14H16N2O5. The Balaban J connectivity index is 2.27. The molecule has 7 nitrogen and oxygen atoms in total. The molecule has 0 spiro atoms. The molecule has 112 valence electrons. The van der Waals surface area contributed by atoms with Gasteiger partial charge in [-0.1, -0.05) is 12.1 Å². The minimum atomic E-state index is -1.14. The molecule has 0 bridgehead atoms. The van der Waals surface area contributed by atoms with Gasteiger partial charge in [-0.3, -0.25) is 14.5 Å². The molecule has 1 saturated heterocycles. The predicted molar refractivity (Wildman–Crippen MR) is 72.5 cm³/mol. The predicted octanol–water partition coefficient (Wildman–Crippen LogP) is 1.02. The first-order valence-corrected chi connectivity index (χ1v) is 6.55. The minimum absolute atomic E-state index is 0.0487. The van der Waals surface area contributed by atoms with Gasteiger partial charge in [-0.05, 0) is 24.6 Å². The molecule has 1 aromatic carbocycles. The standard InChI is InChI=1S/C14H16N2O5/c1-2-15-13(20)11(7-12(18)19)16(14(15)21)8-9-4-3-5-10(17)6-9/h3-6,11,17H,2,7-8H2,1H3,(H,18,19)/t11-/m0/s1. The topological polar surface area (TPSA) is 98.2 Å². The lowest BCUT2D eigenvalue weighted by molar-refractivity contribution is -0.141. The van der Waals surface area contributed by atoms with Crippen molar-refractivity contribution in [3.63, 3.8) is 0 Å². The number of urea groups is 1. The number of aromatic hydroxyl groups is 1. The molecule has 1 heterocycles. The molecule has 0 radical (unpaired) electrons. The second-order valence-electron chi connectivity index (χ2n) is 4.78. The Morgan fingerprint density at radius 1 is 1.33 bits per heavy atom. The van der Waals surface area contributed by atoms with Crippen molar-refractivity contribution in [2.75, 3.05) is 6.54 Å². The first kappa shape index (κ1) is 14.8. The van der Waals surface area contributed by atoms with Crippen LogP contribution in [-0.4, -0.2) is 50.5 Å². The van der Waals surface area contributed by atoms with Gasteiger partial charge in [-0.25, -0.2) is 4.79 Å². The van der Waals surface area contributed by atoms with Crippen LogP contribution in [0.15, 0.2) is 24.3 Å². The van der Waals surface area contributed by atoms with Gasteiger partial charge in [0, 0.05) is 13.1 Å². The summed E-state index contributed by atoms with van der Waals surface area (Å²) < 4.78 is 0. The summed E-state index contributed by atoms with van der Waals surface area (Å²) in [5.41, 5.74) is 0.629. The van der Waals surface area contributed by atoms with Crippen LogP contribution in [0.2, 0.25) is 0 Å². The zero-order valence-corrected chi connectivity index (χ0v) is 11.5. The van der Waals surface area contributed by atoms with Crippen LogP contribution in [0.4, 0.5) is 4.79 Å². The zero-order valence-electron chi connectivity index (χ0n) is 11.5. The average Bonchev–Trinajstić information content (AvgIpc) is 2.62. The number of benzene rings is 1. The average molecular weight is 292 g/mol. The monoisotopic (exact) mass is 292 g/mol. The number of rotatable bonds is 5.